The summed E-state index contributed by atoms with van der Waals surface area (Å²) in [6.45, 7) is 7.92. The molecular weight excluding hydrogens is 366 g/mol. The molecule has 0 radical (unpaired) electrons. The minimum Gasteiger partial charge on any atom is -0.344 e. The number of halogens is 2. The topological polar surface area (TPSA) is 76.0 Å². The smallest absolute Gasteiger partial charge is 0.248 e. The van der Waals surface area contributed by atoms with Crippen molar-refractivity contribution in [3.05, 3.63) is 47.9 Å². The number of benzene rings is 1. The standard InChI is InChI=1S/C20H26F2N4O2/c1-5-6-16(19(28)25-17-11-26(12-23-17)20(2,3)4)24-18(27)9-13-7-14(21)10-15(22)8-13/h7-8,10-12,16H,5-6,9H2,1-4H3,(H,24,27)(H,25,28). The molecule has 0 bridgehead atoms. The lowest BCUT2D eigenvalue weighted by Crippen LogP contribution is -2.44. The largest absolute Gasteiger partial charge is 0.344 e. The molecule has 1 aromatic heterocycles. The molecule has 0 aliphatic rings. The summed E-state index contributed by atoms with van der Waals surface area (Å²) in [6, 6.07) is 2.16. The molecule has 1 aromatic carbocycles. The lowest BCUT2D eigenvalue weighted by atomic mass is 10.1. The lowest BCUT2D eigenvalue weighted by molar-refractivity contribution is -0.126. The Morgan fingerprint density at radius 1 is 1.18 bits per heavy atom. The van der Waals surface area contributed by atoms with E-state index >= 15 is 0 Å². The van der Waals surface area contributed by atoms with Crippen LogP contribution < -0.4 is 10.6 Å². The van der Waals surface area contributed by atoms with Gasteiger partial charge in [-0.25, -0.2) is 13.8 Å². The fraction of sp³-hybridized carbons (Fsp3) is 0.450. The predicted octanol–water partition coefficient (Wildman–Crippen LogP) is 3.38. The molecule has 28 heavy (non-hydrogen) atoms. The van der Waals surface area contributed by atoms with Crippen LogP contribution in [0.15, 0.2) is 30.7 Å². The summed E-state index contributed by atoms with van der Waals surface area (Å²) in [5.74, 6) is -1.98. The van der Waals surface area contributed by atoms with Gasteiger partial charge in [0.2, 0.25) is 11.8 Å². The zero-order chi connectivity index (χ0) is 20.9. The second-order valence-electron chi connectivity index (χ2n) is 7.69. The monoisotopic (exact) mass is 392 g/mol. The molecule has 6 nitrogen and oxygen atoms in total. The van der Waals surface area contributed by atoms with Crippen LogP contribution in [-0.4, -0.2) is 27.4 Å². The molecule has 8 heteroatoms. The van der Waals surface area contributed by atoms with Gasteiger partial charge in [-0.2, -0.15) is 0 Å². The predicted molar refractivity (Wildman–Crippen MR) is 103 cm³/mol. The van der Waals surface area contributed by atoms with E-state index in [9.17, 15) is 18.4 Å². The lowest BCUT2D eigenvalue weighted by Gasteiger charge is -2.20. The maximum absolute atomic E-state index is 13.3. The van der Waals surface area contributed by atoms with Gasteiger partial charge < -0.3 is 15.2 Å². The zero-order valence-corrected chi connectivity index (χ0v) is 16.6. The summed E-state index contributed by atoms with van der Waals surface area (Å²) < 4.78 is 28.4. The number of imidazole rings is 1. The van der Waals surface area contributed by atoms with Gasteiger partial charge in [-0.1, -0.05) is 13.3 Å². The van der Waals surface area contributed by atoms with E-state index in [4.69, 9.17) is 0 Å². The van der Waals surface area contributed by atoms with Crippen molar-refractivity contribution in [2.24, 2.45) is 0 Å². The summed E-state index contributed by atoms with van der Waals surface area (Å²) in [5.41, 5.74) is 0.0299. The van der Waals surface area contributed by atoms with E-state index in [-0.39, 0.29) is 23.4 Å². The normalized spacial score (nSPS) is 12.5. The van der Waals surface area contributed by atoms with Crippen molar-refractivity contribution in [2.75, 3.05) is 5.32 Å². The second-order valence-corrected chi connectivity index (χ2v) is 7.69. The van der Waals surface area contributed by atoms with Crippen molar-refractivity contribution < 1.29 is 18.4 Å². The molecule has 2 aromatic rings. The van der Waals surface area contributed by atoms with Crippen LogP contribution in [0.3, 0.4) is 0 Å². The minimum absolute atomic E-state index is 0.173. The van der Waals surface area contributed by atoms with Crippen LogP contribution in [0, 0.1) is 11.6 Å². The number of nitrogens with one attached hydrogen (secondary N) is 2. The zero-order valence-electron chi connectivity index (χ0n) is 16.6. The SMILES string of the molecule is CCCC(NC(=O)Cc1cc(F)cc(F)c1)C(=O)Nc1cn(C(C)(C)C)cn1. The van der Waals surface area contributed by atoms with Crippen LogP contribution in [0.1, 0.15) is 46.1 Å². The molecule has 1 heterocycles. The van der Waals surface area contributed by atoms with Crippen molar-refractivity contribution in [3.63, 3.8) is 0 Å². The van der Waals surface area contributed by atoms with Crippen LogP contribution >= 0.6 is 0 Å². The molecule has 0 aliphatic carbocycles. The molecular formula is C20H26F2N4O2. The van der Waals surface area contributed by atoms with Gasteiger partial charge >= 0.3 is 0 Å². The fourth-order valence-electron chi connectivity index (χ4n) is 2.67. The van der Waals surface area contributed by atoms with Gasteiger partial charge in [0.05, 0.1) is 12.7 Å². The molecule has 0 saturated carbocycles. The first-order valence-electron chi connectivity index (χ1n) is 9.18. The minimum atomic E-state index is -0.768. The van der Waals surface area contributed by atoms with Gasteiger partial charge in [0.15, 0.2) is 5.82 Å². The van der Waals surface area contributed by atoms with Gasteiger partial charge in [-0.3, -0.25) is 9.59 Å². The van der Waals surface area contributed by atoms with Crippen LogP contribution in [0.2, 0.25) is 0 Å². The Labute approximate surface area is 163 Å². The van der Waals surface area contributed by atoms with Crippen molar-refractivity contribution in [3.8, 4) is 0 Å². The highest BCUT2D eigenvalue weighted by atomic mass is 19.1. The first kappa shape index (κ1) is 21.5. The van der Waals surface area contributed by atoms with E-state index < -0.39 is 23.6 Å². The molecule has 0 spiro atoms. The van der Waals surface area contributed by atoms with E-state index in [1.54, 1.807) is 12.5 Å². The van der Waals surface area contributed by atoms with E-state index in [1.165, 1.54) is 0 Å². The van der Waals surface area contributed by atoms with Gasteiger partial charge in [0, 0.05) is 17.8 Å². The van der Waals surface area contributed by atoms with Crippen molar-refractivity contribution in [1.82, 2.24) is 14.9 Å². The Hall–Kier alpha value is -2.77. The number of rotatable bonds is 7. The number of amides is 2. The quantitative estimate of drug-likeness (QED) is 0.758. The van der Waals surface area contributed by atoms with E-state index in [2.05, 4.69) is 15.6 Å². The van der Waals surface area contributed by atoms with Crippen LogP contribution in [0.5, 0.6) is 0 Å². The van der Waals surface area contributed by atoms with Gasteiger partial charge in [0.1, 0.15) is 17.7 Å². The first-order valence-corrected chi connectivity index (χ1v) is 9.18. The highest BCUT2D eigenvalue weighted by Crippen LogP contribution is 2.16. The van der Waals surface area contributed by atoms with Gasteiger partial charge in [-0.15, -0.1) is 0 Å². The Kier molecular flexibility index (Phi) is 6.88. The van der Waals surface area contributed by atoms with E-state index in [0.717, 1.165) is 18.2 Å². The summed E-state index contributed by atoms with van der Waals surface area (Å²) in [4.78, 5) is 29.0. The summed E-state index contributed by atoms with van der Waals surface area (Å²) in [7, 11) is 0. The molecule has 2 rings (SSSR count). The third kappa shape index (κ3) is 6.14. The molecule has 1 unspecified atom stereocenters. The van der Waals surface area contributed by atoms with Gasteiger partial charge in [0.25, 0.3) is 0 Å². The maximum Gasteiger partial charge on any atom is 0.248 e. The molecule has 0 fully saturated rings. The Morgan fingerprint density at radius 2 is 1.82 bits per heavy atom. The number of nitrogens with zero attached hydrogens (tertiary/aromatic N) is 2. The molecule has 152 valence electrons. The maximum atomic E-state index is 13.3. The Bertz CT molecular complexity index is 823. The highest BCUT2D eigenvalue weighted by Gasteiger charge is 2.22. The van der Waals surface area contributed by atoms with E-state index in [1.807, 2.05) is 32.3 Å². The average Bonchev–Trinajstić information content (AvgIpc) is 3.02. The van der Waals surface area contributed by atoms with Crippen molar-refractivity contribution in [2.45, 2.75) is 58.5 Å². The number of aromatic nitrogens is 2. The molecule has 2 amide bonds. The van der Waals surface area contributed by atoms with Crippen molar-refractivity contribution >= 4 is 17.6 Å². The number of anilines is 1. The summed E-state index contributed by atoms with van der Waals surface area (Å²) in [5, 5.41) is 5.33. The van der Waals surface area contributed by atoms with Crippen LogP contribution in [0.4, 0.5) is 14.6 Å². The van der Waals surface area contributed by atoms with Crippen molar-refractivity contribution in [1.29, 1.82) is 0 Å². The third-order valence-electron chi connectivity index (χ3n) is 4.12. The number of hydrogen-bond acceptors (Lipinski definition) is 3. The first-order chi connectivity index (χ1) is 13.1. The summed E-state index contributed by atoms with van der Waals surface area (Å²) in [6.07, 6.45) is 4.22. The summed E-state index contributed by atoms with van der Waals surface area (Å²) >= 11 is 0. The average molecular weight is 392 g/mol. The number of hydrogen-bond donors (Lipinski definition) is 2. The van der Waals surface area contributed by atoms with Crippen LogP contribution in [0.25, 0.3) is 0 Å². The molecule has 2 N–H and O–H groups in total. The third-order valence-corrected chi connectivity index (χ3v) is 4.12. The number of carbonyl (C=O) groups excluding carboxylic acids is 2. The van der Waals surface area contributed by atoms with E-state index in [0.29, 0.717) is 18.7 Å². The Balaban J connectivity index is 2.02. The van der Waals surface area contributed by atoms with Crippen LogP contribution in [-0.2, 0) is 21.5 Å². The highest BCUT2D eigenvalue weighted by molar-refractivity contribution is 5.96. The van der Waals surface area contributed by atoms with Gasteiger partial charge in [-0.05, 0) is 44.9 Å². The molecule has 0 aliphatic heterocycles. The molecule has 0 saturated heterocycles. The number of carbonyl (C=O) groups is 2. The fourth-order valence-corrected chi connectivity index (χ4v) is 2.67. The molecule has 1 atom stereocenters. The Morgan fingerprint density at radius 3 is 2.36 bits per heavy atom. The second kappa shape index (κ2) is 8.95.